The average Bonchev–Trinajstić information content (AvgIpc) is 3.19. The molecule has 1 N–H and O–H groups in total. The molecule has 0 saturated carbocycles. The van der Waals surface area contributed by atoms with E-state index in [2.05, 4.69) is 10.3 Å². The monoisotopic (exact) mass is 477 g/mol. The molecular formula is C26H27N3O4S. The molecule has 0 fully saturated rings. The standard InChI is InChI=1S/C26H27N3O4S/c1-32-17-29-23-11-7-6-10-19(23)20-14-22(27-15-24(20)29)25(30)28-21(12-13-34-2)26(31)33-16-18-8-4-3-5-9-18/h3-11,14-15,21H,12-13,16-17H2,1-2H3,(H,28,30)/t21-/m0/s1. The van der Waals surface area contributed by atoms with Crippen LogP contribution in [0.25, 0.3) is 21.8 Å². The number of ether oxygens (including phenoxy) is 2. The first-order chi connectivity index (χ1) is 16.6. The van der Waals surface area contributed by atoms with E-state index >= 15 is 0 Å². The molecular weight excluding hydrogens is 450 g/mol. The van der Waals surface area contributed by atoms with Crippen molar-refractivity contribution in [3.8, 4) is 0 Å². The van der Waals surface area contributed by atoms with Crippen molar-refractivity contribution in [1.82, 2.24) is 14.9 Å². The number of nitrogens with zero attached hydrogens (tertiary/aromatic N) is 2. The fraction of sp³-hybridized carbons (Fsp3) is 0.269. The second kappa shape index (κ2) is 11.2. The molecule has 0 saturated heterocycles. The van der Waals surface area contributed by atoms with Gasteiger partial charge in [0.2, 0.25) is 0 Å². The van der Waals surface area contributed by atoms with Crippen molar-refractivity contribution in [2.45, 2.75) is 25.8 Å². The van der Waals surface area contributed by atoms with E-state index in [1.807, 2.05) is 65.4 Å². The molecule has 2 aromatic heterocycles. The molecule has 176 valence electrons. The highest BCUT2D eigenvalue weighted by Crippen LogP contribution is 2.29. The summed E-state index contributed by atoms with van der Waals surface area (Å²) in [6.45, 7) is 0.537. The van der Waals surface area contributed by atoms with Crippen molar-refractivity contribution in [1.29, 1.82) is 0 Å². The first kappa shape index (κ1) is 23.8. The van der Waals surface area contributed by atoms with E-state index in [-0.39, 0.29) is 12.3 Å². The van der Waals surface area contributed by atoms with Crippen LogP contribution < -0.4 is 5.32 Å². The molecule has 4 aromatic rings. The number of rotatable bonds is 10. The number of aromatic nitrogens is 2. The summed E-state index contributed by atoms with van der Waals surface area (Å²) in [5, 5.41) is 4.74. The van der Waals surface area contributed by atoms with Gasteiger partial charge >= 0.3 is 5.97 Å². The summed E-state index contributed by atoms with van der Waals surface area (Å²) in [6, 6.07) is 18.4. The molecule has 1 atom stereocenters. The van der Waals surface area contributed by atoms with E-state index in [1.54, 1.807) is 31.1 Å². The van der Waals surface area contributed by atoms with Gasteiger partial charge < -0.3 is 19.4 Å². The van der Waals surface area contributed by atoms with Crippen LogP contribution in [0, 0.1) is 0 Å². The van der Waals surface area contributed by atoms with Gasteiger partial charge in [-0.2, -0.15) is 11.8 Å². The zero-order valence-corrected chi connectivity index (χ0v) is 20.0. The Labute approximate surface area is 202 Å². The molecule has 4 rings (SSSR count). The van der Waals surface area contributed by atoms with Crippen LogP contribution in [0.4, 0.5) is 0 Å². The highest BCUT2D eigenvalue weighted by atomic mass is 32.2. The van der Waals surface area contributed by atoms with Crippen LogP contribution in [0.2, 0.25) is 0 Å². The number of carbonyl (C=O) groups is 2. The molecule has 0 aliphatic carbocycles. The highest BCUT2D eigenvalue weighted by molar-refractivity contribution is 7.98. The number of nitrogens with one attached hydrogen (secondary N) is 1. The lowest BCUT2D eigenvalue weighted by Gasteiger charge is -2.17. The van der Waals surface area contributed by atoms with Crippen molar-refractivity contribution >= 4 is 45.4 Å². The molecule has 7 nitrogen and oxygen atoms in total. The van der Waals surface area contributed by atoms with Crippen LogP contribution in [0.15, 0.2) is 66.9 Å². The number of amides is 1. The molecule has 0 aliphatic heterocycles. The Morgan fingerprint density at radius 1 is 1.06 bits per heavy atom. The number of pyridine rings is 1. The van der Waals surface area contributed by atoms with Crippen molar-refractivity contribution in [3.05, 3.63) is 78.1 Å². The summed E-state index contributed by atoms with van der Waals surface area (Å²) in [7, 11) is 1.64. The van der Waals surface area contributed by atoms with Gasteiger partial charge in [0.15, 0.2) is 0 Å². The van der Waals surface area contributed by atoms with Crippen molar-refractivity contribution in [2.75, 3.05) is 19.1 Å². The van der Waals surface area contributed by atoms with Gasteiger partial charge in [0.25, 0.3) is 5.91 Å². The van der Waals surface area contributed by atoms with Gasteiger partial charge in [-0.15, -0.1) is 0 Å². The van der Waals surface area contributed by atoms with Crippen LogP contribution in [0.1, 0.15) is 22.5 Å². The number of hydrogen-bond acceptors (Lipinski definition) is 6. The van der Waals surface area contributed by atoms with Crippen LogP contribution in [0.5, 0.6) is 0 Å². The molecule has 8 heteroatoms. The van der Waals surface area contributed by atoms with E-state index in [4.69, 9.17) is 9.47 Å². The first-order valence-electron chi connectivity index (χ1n) is 11.0. The molecule has 0 bridgehead atoms. The van der Waals surface area contributed by atoms with Gasteiger partial charge in [-0.25, -0.2) is 9.78 Å². The van der Waals surface area contributed by atoms with Gasteiger partial charge in [-0.05, 0) is 36.1 Å². The first-order valence-corrected chi connectivity index (χ1v) is 12.4. The van der Waals surface area contributed by atoms with Crippen LogP contribution >= 0.6 is 11.8 Å². The fourth-order valence-corrected chi connectivity index (χ4v) is 4.36. The predicted octanol–water partition coefficient (Wildman–Crippen LogP) is 4.39. The Morgan fingerprint density at radius 3 is 2.59 bits per heavy atom. The summed E-state index contributed by atoms with van der Waals surface area (Å²) in [5.41, 5.74) is 3.02. The molecule has 0 spiro atoms. The minimum Gasteiger partial charge on any atom is -0.459 e. The third-order valence-corrected chi connectivity index (χ3v) is 6.22. The quantitative estimate of drug-likeness (QED) is 0.341. The number of para-hydroxylation sites is 1. The molecule has 1 amide bonds. The maximum atomic E-state index is 13.1. The Balaban J connectivity index is 1.55. The Morgan fingerprint density at radius 2 is 1.82 bits per heavy atom. The molecule has 0 aliphatic rings. The smallest absolute Gasteiger partial charge is 0.329 e. The number of hydrogen-bond donors (Lipinski definition) is 1. The molecule has 0 unspecified atom stereocenters. The van der Waals surface area contributed by atoms with Crippen molar-refractivity contribution in [2.24, 2.45) is 0 Å². The fourth-order valence-electron chi connectivity index (χ4n) is 3.88. The Kier molecular flexibility index (Phi) is 7.82. The molecule has 2 aromatic carbocycles. The topological polar surface area (TPSA) is 82.5 Å². The second-order valence-electron chi connectivity index (χ2n) is 7.85. The third kappa shape index (κ3) is 5.24. The zero-order valence-electron chi connectivity index (χ0n) is 19.2. The molecule has 0 radical (unpaired) electrons. The number of methoxy groups -OCH3 is 1. The van der Waals surface area contributed by atoms with Crippen LogP contribution in [-0.4, -0.2) is 46.6 Å². The number of carbonyl (C=O) groups excluding carboxylic acids is 2. The van der Waals surface area contributed by atoms with E-state index in [0.29, 0.717) is 18.9 Å². The summed E-state index contributed by atoms with van der Waals surface area (Å²) in [4.78, 5) is 30.2. The largest absolute Gasteiger partial charge is 0.459 e. The van der Waals surface area contributed by atoms with Crippen molar-refractivity contribution in [3.63, 3.8) is 0 Å². The minimum absolute atomic E-state index is 0.161. The second-order valence-corrected chi connectivity index (χ2v) is 8.84. The van der Waals surface area contributed by atoms with Gasteiger partial charge in [0, 0.05) is 17.9 Å². The third-order valence-electron chi connectivity index (χ3n) is 5.57. The van der Waals surface area contributed by atoms with Gasteiger partial charge in [0.1, 0.15) is 25.1 Å². The Hall–Kier alpha value is -3.36. The Bertz CT molecular complexity index is 1290. The SMILES string of the molecule is COCn1c2ccccc2c2cc(C(=O)N[C@@H](CCSC)C(=O)OCc3ccccc3)ncc21. The van der Waals surface area contributed by atoms with E-state index in [9.17, 15) is 9.59 Å². The maximum absolute atomic E-state index is 13.1. The lowest BCUT2D eigenvalue weighted by molar-refractivity contribution is -0.147. The number of fused-ring (bicyclic) bond motifs is 3. The van der Waals surface area contributed by atoms with Gasteiger partial charge in [-0.3, -0.25) is 4.79 Å². The van der Waals surface area contributed by atoms with Crippen molar-refractivity contribution < 1.29 is 19.1 Å². The summed E-state index contributed by atoms with van der Waals surface area (Å²) in [5.74, 6) is -0.153. The summed E-state index contributed by atoms with van der Waals surface area (Å²) < 4.78 is 12.9. The lowest BCUT2D eigenvalue weighted by atomic mass is 10.1. The predicted molar refractivity (Wildman–Crippen MR) is 135 cm³/mol. The number of benzene rings is 2. The van der Waals surface area contributed by atoms with Crippen LogP contribution in [-0.2, 0) is 27.6 Å². The van der Waals surface area contributed by atoms with Gasteiger partial charge in [-0.1, -0.05) is 48.5 Å². The summed E-state index contributed by atoms with van der Waals surface area (Å²) in [6.07, 6.45) is 4.10. The summed E-state index contributed by atoms with van der Waals surface area (Å²) >= 11 is 1.61. The average molecular weight is 478 g/mol. The number of esters is 1. The van der Waals surface area contributed by atoms with E-state index in [0.717, 1.165) is 27.4 Å². The number of thioether (sulfide) groups is 1. The minimum atomic E-state index is -0.754. The lowest BCUT2D eigenvalue weighted by Crippen LogP contribution is -2.42. The maximum Gasteiger partial charge on any atom is 0.329 e. The van der Waals surface area contributed by atoms with Gasteiger partial charge in [0.05, 0.1) is 17.2 Å². The van der Waals surface area contributed by atoms with E-state index in [1.165, 1.54) is 0 Å². The highest BCUT2D eigenvalue weighted by Gasteiger charge is 2.24. The van der Waals surface area contributed by atoms with Crippen LogP contribution in [0.3, 0.4) is 0 Å². The molecule has 2 heterocycles. The van der Waals surface area contributed by atoms with E-state index < -0.39 is 17.9 Å². The molecule has 34 heavy (non-hydrogen) atoms. The zero-order chi connectivity index (χ0) is 23.9. The normalized spacial score (nSPS) is 12.1.